The van der Waals surface area contributed by atoms with E-state index < -0.39 is 0 Å². The number of fused-ring (bicyclic) bond motifs is 2. The number of hydrogen-bond acceptors (Lipinski definition) is 6. The second kappa shape index (κ2) is 6.71. The van der Waals surface area contributed by atoms with E-state index in [1.807, 2.05) is 24.4 Å². The average molecular weight is 363 g/mol. The molecule has 138 valence electrons. The number of hydrogen-bond donors (Lipinski definition) is 3. The van der Waals surface area contributed by atoms with E-state index in [9.17, 15) is 4.79 Å². The lowest BCUT2D eigenvalue weighted by Gasteiger charge is -2.17. The SMILES string of the molecule is O=C(Nc1cc2nc(-c3cnc4n3CCNC4)ccc2cn1)C1CCCN1. The normalized spacial score (nSPS) is 19.2. The number of nitrogens with zero attached hydrogens (tertiary/aromatic N) is 4. The van der Waals surface area contributed by atoms with Crippen molar-refractivity contribution in [2.24, 2.45) is 0 Å². The number of carbonyl (C=O) groups is 1. The number of imidazole rings is 1. The molecule has 0 aliphatic carbocycles. The molecule has 1 atom stereocenters. The van der Waals surface area contributed by atoms with Crippen LogP contribution in [0.1, 0.15) is 18.7 Å². The summed E-state index contributed by atoms with van der Waals surface area (Å²) >= 11 is 0. The molecular formula is C19H21N7O. The van der Waals surface area contributed by atoms with Gasteiger partial charge in [0.15, 0.2) is 0 Å². The lowest BCUT2D eigenvalue weighted by molar-refractivity contribution is -0.117. The monoisotopic (exact) mass is 363 g/mol. The average Bonchev–Trinajstić information content (AvgIpc) is 3.37. The first-order valence-corrected chi connectivity index (χ1v) is 9.34. The highest BCUT2D eigenvalue weighted by Crippen LogP contribution is 2.24. The van der Waals surface area contributed by atoms with Crippen LogP contribution >= 0.6 is 0 Å². The second-order valence-corrected chi connectivity index (χ2v) is 6.99. The molecule has 0 aromatic carbocycles. The highest BCUT2D eigenvalue weighted by atomic mass is 16.2. The molecule has 27 heavy (non-hydrogen) atoms. The smallest absolute Gasteiger partial charge is 0.242 e. The number of nitrogens with one attached hydrogen (secondary N) is 3. The van der Waals surface area contributed by atoms with Crippen molar-refractivity contribution in [3.63, 3.8) is 0 Å². The van der Waals surface area contributed by atoms with Crippen molar-refractivity contribution in [1.29, 1.82) is 0 Å². The van der Waals surface area contributed by atoms with Crippen LogP contribution in [0.25, 0.3) is 22.3 Å². The van der Waals surface area contributed by atoms with Crippen LogP contribution in [0.4, 0.5) is 5.82 Å². The molecule has 0 bridgehead atoms. The molecule has 5 rings (SSSR count). The Kier molecular flexibility index (Phi) is 4.06. The van der Waals surface area contributed by atoms with E-state index in [1.54, 1.807) is 6.20 Å². The summed E-state index contributed by atoms with van der Waals surface area (Å²) < 4.78 is 2.21. The number of rotatable bonds is 3. The Balaban J connectivity index is 1.46. The molecule has 0 saturated carbocycles. The van der Waals surface area contributed by atoms with Gasteiger partial charge in [-0.05, 0) is 31.5 Å². The first-order chi connectivity index (χ1) is 13.3. The molecular weight excluding hydrogens is 342 g/mol. The fourth-order valence-corrected chi connectivity index (χ4v) is 3.75. The molecule has 2 aliphatic rings. The minimum atomic E-state index is -0.131. The summed E-state index contributed by atoms with van der Waals surface area (Å²) in [5.74, 6) is 1.53. The van der Waals surface area contributed by atoms with Crippen LogP contribution in [0.3, 0.4) is 0 Å². The van der Waals surface area contributed by atoms with Gasteiger partial charge in [0, 0.05) is 30.7 Å². The standard InChI is InChI=1S/C19H21N7O/c27-19(14-2-1-5-21-14)25-17-8-15-12(9-22-17)3-4-13(24-15)16-10-23-18-11-20-6-7-26(16)18/h3-4,8-10,14,20-21H,1-2,5-7,11H2,(H,22,25,27). The van der Waals surface area contributed by atoms with E-state index in [1.165, 1.54) is 0 Å². The Morgan fingerprint density at radius 2 is 2.19 bits per heavy atom. The van der Waals surface area contributed by atoms with E-state index in [-0.39, 0.29) is 11.9 Å². The van der Waals surface area contributed by atoms with Gasteiger partial charge in [0.2, 0.25) is 5.91 Å². The minimum absolute atomic E-state index is 0.0344. The summed E-state index contributed by atoms with van der Waals surface area (Å²) in [6.45, 7) is 3.48. The number of anilines is 1. The van der Waals surface area contributed by atoms with Gasteiger partial charge in [-0.25, -0.2) is 15.0 Å². The molecule has 5 heterocycles. The molecule has 8 nitrogen and oxygen atoms in total. The molecule has 2 aliphatic heterocycles. The third-order valence-electron chi connectivity index (χ3n) is 5.20. The third kappa shape index (κ3) is 3.07. The summed E-state index contributed by atoms with van der Waals surface area (Å²) in [5, 5.41) is 10.4. The maximum atomic E-state index is 12.3. The fraction of sp³-hybridized carbons (Fsp3) is 0.368. The molecule has 1 saturated heterocycles. The maximum Gasteiger partial charge on any atom is 0.242 e. The van der Waals surface area contributed by atoms with Crippen LogP contribution in [-0.2, 0) is 17.9 Å². The van der Waals surface area contributed by atoms with Gasteiger partial charge >= 0.3 is 0 Å². The zero-order valence-electron chi connectivity index (χ0n) is 14.9. The lowest BCUT2D eigenvalue weighted by Crippen LogP contribution is -2.35. The molecule has 0 spiro atoms. The number of carbonyl (C=O) groups excluding carboxylic acids is 1. The Morgan fingerprint density at radius 3 is 3.07 bits per heavy atom. The second-order valence-electron chi connectivity index (χ2n) is 6.99. The largest absolute Gasteiger partial charge is 0.324 e. The Bertz CT molecular complexity index is 1010. The van der Waals surface area contributed by atoms with Crippen LogP contribution in [0.5, 0.6) is 0 Å². The summed E-state index contributed by atoms with van der Waals surface area (Å²) in [4.78, 5) is 26.0. The Hall–Kier alpha value is -2.84. The van der Waals surface area contributed by atoms with Gasteiger partial charge < -0.3 is 20.5 Å². The van der Waals surface area contributed by atoms with Crippen LogP contribution < -0.4 is 16.0 Å². The van der Waals surface area contributed by atoms with E-state index >= 15 is 0 Å². The van der Waals surface area contributed by atoms with Crippen molar-refractivity contribution in [1.82, 2.24) is 30.2 Å². The van der Waals surface area contributed by atoms with Gasteiger partial charge in [0.1, 0.15) is 11.6 Å². The number of aromatic nitrogens is 4. The first kappa shape index (κ1) is 16.3. The van der Waals surface area contributed by atoms with E-state index in [4.69, 9.17) is 4.98 Å². The van der Waals surface area contributed by atoms with Crippen molar-refractivity contribution in [2.75, 3.05) is 18.4 Å². The van der Waals surface area contributed by atoms with Crippen LogP contribution in [-0.4, -0.2) is 44.6 Å². The van der Waals surface area contributed by atoms with Gasteiger partial charge in [0.05, 0.1) is 35.7 Å². The molecule has 3 aromatic heterocycles. The third-order valence-corrected chi connectivity index (χ3v) is 5.20. The van der Waals surface area contributed by atoms with Gasteiger partial charge in [-0.1, -0.05) is 0 Å². The lowest BCUT2D eigenvalue weighted by atomic mass is 10.2. The van der Waals surface area contributed by atoms with Crippen LogP contribution in [0.15, 0.2) is 30.6 Å². The summed E-state index contributed by atoms with van der Waals surface area (Å²) in [6, 6.07) is 5.71. The highest BCUT2D eigenvalue weighted by molar-refractivity contribution is 5.95. The number of pyridine rings is 2. The quantitative estimate of drug-likeness (QED) is 0.649. The van der Waals surface area contributed by atoms with Crippen molar-refractivity contribution < 1.29 is 4.79 Å². The Labute approximate surface area is 156 Å². The summed E-state index contributed by atoms with van der Waals surface area (Å²) in [6.07, 6.45) is 5.52. The van der Waals surface area contributed by atoms with E-state index in [0.717, 1.165) is 67.1 Å². The van der Waals surface area contributed by atoms with Crippen molar-refractivity contribution >= 4 is 22.6 Å². The molecule has 0 radical (unpaired) electrons. The predicted molar refractivity (Wildman–Crippen MR) is 102 cm³/mol. The van der Waals surface area contributed by atoms with Gasteiger partial charge in [-0.3, -0.25) is 4.79 Å². The number of amides is 1. The van der Waals surface area contributed by atoms with Crippen LogP contribution in [0, 0.1) is 0 Å². The van der Waals surface area contributed by atoms with Crippen molar-refractivity contribution in [2.45, 2.75) is 32.0 Å². The van der Waals surface area contributed by atoms with Gasteiger partial charge in [-0.15, -0.1) is 0 Å². The Morgan fingerprint density at radius 1 is 1.22 bits per heavy atom. The topological polar surface area (TPSA) is 96.8 Å². The maximum absolute atomic E-state index is 12.3. The summed E-state index contributed by atoms with van der Waals surface area (Å²) in [5.41, 5.74) is 2.71. The van der Waals surface area contributed by atoms with E-state index in [2.05, 4.69) is 30.5 Å². The van der Waals surface area contributed by atoms with Gasteiger partial charge in [-0.2, -0.15) is 0 Å². The zero-order chi connectivity index (χ0) is 18.2. The molecule has 8 heteroatoms. The van der Waals surface area contributed by atoms with E-state index in [0.29, 0.717) is 5.82 Å². The molecule has 1 unspecified atom stereocenters. The first-order valence-electron chi connectivity index (χ1n) is 9.34. The zero-order valence-corrected chi connectivity index (χ0v) is 14.9. The summed E-state index contributed by atoms with van der Waals surface area (Å²) in [7, 11) is 0. The molecule has 1 amide bonds. The minimum Gasteiger partial charge on any atom is -0.324 e. The predicted octanol–water partition coefficient (Wildman–Crippen LogP) is 1.29. The van der Waals surface area contributed by atoms with Gasteiger partial charge in [0.25, 0.3) is 0 Å². The van der Waals surface area contributed by atoms with Crippen molar-refractivity contribution in [3.05, 3.63) is 36.4 Å². The molecule has 3 aromatic rings. The highest BCUT2D eigenvalue weighted by Gasteiger charge is 2.22. The molecule has 1 fully saturated rings. The molecule has 3 N–H and O–H groups in total. The van der Waals surface area contributed by atoms with Crippen molar-refractivity contribution in [3.8, 4) is 11.4 Å². The fourth-order valence-electron chi connectivity index (χ4n) is 3.75. The van der Waals surface area contributed by atoms with Crippen LogP contribution in [0.2, 0.25) is 0 Å².